The van der Waals surface area contributed by atoms with Crippen molar-refractivity contribution in [1.29, 1.82) is 0 Å². The van der Waals surface area contributed by atoms with Crippen molar-refractivity contribution in [3.05, 3.63) is 0 Å². The molecule has 0 radical (unpaired) electrons. The Morgan fingerprint density at radius 1 is 0.941 bits per heavy atom. The Bertz CT molecular complexity index is 227. The highest BCUT2D eigenvalue weighted by Crippen LogP contribution is 2.49. The van der Waals surface area contributed by atoms with Gasteiger partial charge in [-0.25, -0.2) is 0 Å². The van der Waals surface area contributed by atoms with E-state index in [4.69, 9.17) is 0 Å². The van der Waals surface area contributed by atoms with Crippen molar-refractivity contribution in [2.45, 2.75) is 58.8 Å². The molecule has 2 rings (SSSR count). The summed E-state index contributed by atoms with van der Waals surface area (Å²) in [5.41, 5.74) is 1.30. The largest absolute Gasteiger partial charge is 0.317 e. The van der Waals surface area contributed by atoms with Crippen molar-refractivity contribution in [2.75, 3.05) is 26.2 Å². The van der Waals surface area contributed by atoms with Gasteiger partial charge in [0.2, 0.25) is 0 Å². The Hall–Kier alpha value is -0.0800. The molecule has 2 nitrogen and oxygen atoms in total. The van der Waals surface area contributed by atoms with E-state index in [9.17, 15) is 0 Å². The highest BCUT2D eigenvalue weighted by Gasteiger charge is 2.41. The van der Waals surface area contributed by atoms with Gasteiger partial charge in [0.15, 0.2) is 0 Å². The molecule has 2 fully saturated rings. The number of hydrogen-bond donors (Lipinski definition) is 2. The van der Waals surface area contributed by atoms with Crippen LogP contribution in [0.5, 0.6) is 0 Å². The molecule has 1 saturated heterocycles. The summed E-state index contributed by atoms with van der Waals surface area (Å²) in [5, 5.41) is 7.29. The molecule has 1 aliphatic carbocycles. The zero-order valence-corrected chi connectivity index (χ0v) is 11.8. The van der Waals surface area contributed by atoms with Gasteiger partial charge < -0.3 is 10.6 Å². The third-order valence-corrected chi connectivity index (χ3v) is 5.15. The molecule has 1 heterocycles. The van der Waals surface area contributed by atoms with E-state index in [1.165, 1.54) is 71.1 Å². The predicted octanol–water partition coefficient (Wildman–Crippen LogP) is 2.94. The lowest BCUT2D eigenvalue weighted by molar-refractivity contribution is 0.181. The summed E-state index contributed by atoms with van der Waals surface area (Å²) >= 11 is 0. The zero-order chi connectivity index (χ0) is 12.2. The van der Waals surface area contributed by atoms with Crippen molar-refractivity contribution in [3.8, 4) is 0 Å². The van der Waals surface area contributed by atoms with Crippen LogP contribution >= 0.6 is 0 Å². The smallest absolute Gasteiger partial charge is 0.000889 e. The first kappa shape index (κ1) is 13.4. The molecule has 17 heavy (non-hydrogen) atoms. The van der Waals surface area contributed by atoms with E-state index in [-0.39, 0.29) is 0 Å². The van der Waals surface area contributed by atoms with Crippen LogP contribution in [0.1, 0.15) is 58.8 Å². The van der Waals surface area contributed by atoms with Crippen molar-refractivity contribution >= 4 is 0 Å². The van der Waals surface area contributed by atoms with Crippen LogP contribution < -0.4 is 10.6 Å². The Balaban J connectivity index is 1.72. The quantitative estimate of drug-likeness (QED) is 0.712. The van der Waals surface area contributed by atoms with Crippen LogP contribution in [0.25, 0.3) is 0 Å². The molecule has 0 bridgehead atoms. The van der Waals surface area contributed by atoms with Crippen LogP contribution in [0.15, 0.2) is 0 Å². The molecule has 0 unspecified atom stereocenters. The van der Waals surface area contributed by atoms with Gasteiger partial charge >= 0.3 is 0 Å². The Morgan fingerprint density at radius 2 is 1.59 bits per heavy atom. The van der Waals surface area contributed by atoms with E-state index < -0.39 is 0 Å². The second kappa shape index (κ2) is 5.71. The average molecular weight is 238 g/mol. The molecule has 0 aromatic carbocycles. The maximum absolute atomic E-state index is 3.81. The first-order chi connectivity index (χ1) is 8.24. The topological polar surface area (TPSA) is 24.1 Å². The zero-order valence-electron chi connectivity index (χ0n) is 11.8. The van der Waals surface area contributed by atoms with E-state index in [0.29, 0.717) is 10.8 Å². The van der Waals surface area contributed by atoms with E-state index in [2.05, 4.69) is 24.5 Å². The lowest BCUT2D eigenvalue weighted by Gasteiger charge is -2.37. The summed E-state index contributed by atoms with van der Waals surface area (Å²) in [7, 11) is 0. The fourth-order valence-electron chi connectivity index (χ4n) is 3.43. The van der Waals surface area contributed by atoms with Crippen molar-refractivity contribution in [1.82, 2.24) is 10.6 Å². The summed E-state index contributed by atoms with van der Waals surface area (Å²) < 4.78 is 0. The molecule has 2 heteroatoms. The van der Waals surface area contributed by atoms with E-state index >= 15 is 0 Å². The lowest BCUT2D eigenvalue weighted by atomic mass is 9.76. The molecule has 0 amide bonds. The first-order valence-corrected chi connectivity index (χ1v) is 7.66. The highest BCUT2D eigenvalue weighted by atomic mass is 14.9. The minimum absolute atomic E-state index is 0.591. The van der Waals surface area contributed by atoms with Gasteiger partial charge in [0.25, 0.3) is 0 Å². The molecule has 2 aliphatic rings. The fourth-order valence-corrected chi connectivity index (χ4v) is 3.43. The second-order valence-corrected chi connectivity index (χ2v) is 6.46. The molecular formula is C15H30N2. The minimum Gasteiger partial charge on any atom is -0.317 e. The molecular weight excluding hydrogens is 208 g/mol. The maximum Gasteiger partial charge on any atom is 0.000889 e. The van der Waals surface area contributed by atoms with Crippen LogP contribution in [0.4, 0.5) is 0 Å². The first-order valence-electron chi connectivity index (χ1n) is 7.66. The fraction of sp³-hybridized carbons (Fsp3) is 1.00. The number of rotatable bonds is 7. The van der Waals surface area contributed by atoms with E-state index in [1.807, 2.05) is 0 Å². The SMILES string of the molecule is CCCC1(CNCC2(CC)CCNCC2)CC1. The third-order valence-electron chi connectivity index (χ3n) is 5.15. The van der Waals surface area contributed by atoms with Gasteiger partial charge in [-0.3, -0.25) is 0 Å². The molecule has 2 N–H and O–H groups in total. The molecule has 0 aromatic heterocycles. The van der Waals surface area contributed by atoms with Gasteiger partial charge in [-0.2, -0.15) is 0 Å². The monoisotopic (exact) mass is 238 g/mol. The lowest BCUT2D eigenvalue weighted by Crippen LogP contribution is -2.44. The summed E-state index contributed by atoms with van der Waals surface area (Å²) in [6.07, 6.45) is 9.77. The van der Waals surface area contributed by atoms with Gasteiger partial charge in [0, 0.05) is 13.1 Å². The molecule has 0 aromatic rings. The molecule has 0 atom stereocenters. The standard InChI is InChI=1S/C15H30N2/c1-3-5-15(6-7-15)13-17-12-14(4-2)8-10-16-11-9-14/h16-17H,3-13H2,1-2H3. The van der Waals surface area contributed by atoms with Crippen LogP contribution in [0, 0.1) is 10.8 Å². The average Bonchev–Trinajstić information content (AvgIpc) is 3.11. The van der Waals surface area contributed by atoms with Crippen LogP contribution in [-0.4, -0.2) is 26.2 Å². The minimum atomic E-state index is 0.591. The summed E-state index contributed by atoms with van der Waals surface area (Å²) in [6.45, 7) is 9.64. The van der Waals surface area contributed by atoms with Gasteiger partial charge in [0.1, 0.15) is 0 Å². The van der Waals surface area contributed by atoms with Gasteiger partial charge in [0.05, 0.1) is 0 Å². The highest BCUT2D eigenvalue weighted by molar-refractivity contribution is 4.95. The van der Waals surface area contributed by atoms with Crippen molar-refractivity contribution in [2.24, 2.45) is 10.8 Å². The summed E-state index contributed by atoms with van der Waals surface area (Å²) in [4.78, 5) is 0. The Kier molecular flexibility index (Phi) is 4.48. The van der Waals surface area contributed by atoms with Gasteiger partial charge in [-0.15, -0.1) is 0 Å². The van der Waals surface area contributed by atoms with E-state index in [1.54, 1.807) is 0 Å². The predicted molar refractivity (Wildman–Crippen MR) is 74.3 cm³/mol. The Morgan fingerprint density at radius 3 is 2.12 bits per heavy atom. The van der Waals surface area contributed by atoms with Gasteiger partial charge in [-0.05, 0) is 62.4 Å². The van der Waals surface area contributed by atoms with Crippen LogP contribution in [-0.2, 0) is 0 Å². The van der Waals surface area contributed by atoms with Crippen LogP contribution in [0.2, 0.25) is 0 Å². The summed E-state index contributed by atoms with van der Waals surface area (Å²) in [6, 6.07) is 0. The molecule has 1 aliphatic heterocycles. The van der Waals surface area contributed by atoms with Gasteiger partial charge in [-0.1, -0.05) is 20.3 Å². The molecule has 1 saturated carbocycles. The van der Waals surface area contributed by atoms with Crippen molar-refractivity contribution < 1.29 is 0 Å². The summed E-state index contributed by atoms with van der Waals surface area (Å²) in [5.74, 6) is 0. The molecule has 0 spiro atoms. The van der Waals surface area contributed by atoms with E-state index in [0.717, 1.165) is 0 Å². The maximum atomic E-state index is 3.81. The molecule has 100 valence electrons. The number of nitrogens with one attached hydrogen (secondary N) is 2. The van der Waals surface area contributed by atoms with Crippen LogP contribution in [0.3, 0.4) is 0 Å². The van der Waals surface area contributed by atoms with Crippen molar-refractivity contribution in [3.63, 3.8) is 0 Å². The Labute approximate surface area is 107 Å². The second-order valence-electron chi connectivity index (χ2n) is 6.46. The number of piperidine rings is 1. The number of hydrogen-bond acceptors (Lipinski definition) is 2. The third kappa shape index (κ3) is 3.45. The normalized spacial score (nSPS) is 25.8.